The first kappa shape index (κ1) is 11.7. The molecule has 19 heavy (non-hydrogen) atoms. The lowest BCUT2D eigenvalue weighted by atomic mass is 9.94. The van der Waals surface area contributed by atoms with Gasteiger partial charge in [0.1, 0.15) is 0 Å². The van der Waals surface area contributed by atoms with Gasteiger partial charge in [0.25, 0.3) is 0 Å². The molecule has 0 radical (unpaired) electrons. The van der Waals surface area contributed by atoms with Gasteiger partial charge in [-0.3, -0.25) is 4.79 Å². The summed E-state index contributed by atoms with van der Waals surface area (Å²) in [5.74, 6) is 0.101. The first-order chi connectivity index (χ1) is 9.25. The minimum atomic E-state index is 0.101. The third-order valence-corrected chi connectivity index (χ3v) is 3.35. The fourth-order valence-corrected chi connectivity index (χ4v) is 2.39. The molecular formula is C18H14O. The van der Waals surface area contributed by atoms with Crippen LogP contribution in [0.5, 0.6) is 0 Å². The average Bonchev–Trinajstić information content (AvgIpc) is 2.46. The van der Waals surface area contributed by atoms with Crippen LogP contribution in [0.4, 0.5) is 0 Å². The van der Waals surface area contributed by atoms with Crippen LogP contribution in [0.2, 0.25) is 0 Å². The van der Waals surface area contributed by atoms with E-state index in [0.29, 0.717) is 0 Å². The minimum Gasteiger partial charge on any atom is -0.294 e. The second-order valence-corrected chi connectivity index (χ2v) is 4.67. The van der Waals surface area contributed by atoms with Crippen molar-refractivity contribution in [2.24, 2.45) is 0 Å². The molecule has 0 aliphatic carbocycles. The van der Waals surface area contributed by atoms with E-state index in [-0.39, 0.29) is 5.78 Å². The third kappa shape index (κ3) is 2.15. The first-order valence-electron chi connectivity index (χ1n) is 6.35. The van der Waals surface area contributed by atoms with Gasteiger partial charge in [-0.05, 0) is 41.0 Å². The summed E-state index contributed by atoms with van der Waals surface area (Å²) in [6.07, 6.45) is 0. The molecule has 0 N–H and O–H groups in total. The number of benzene rings is 3. The number of fused-ring (bicyclic) bond motifs is 1. The van der Waals surface area contributed by atoms with Crippen molar-refractivity contribution in [1.29, 1.82) is 0 Å². The number of carbonyl (C=O) groups is 1. The Balaban J connectivity index is 2.33. The molecule has 3 aromatic carbocycles. The predicted molar refractivity (Wildman–Crippen MR) is 79.4 cm³/mol. The Bertz CT molecular complexity index is 742. The summed E-state index contributed by atoms with van der Waals surface area (Å²) in [6.45, 7) is 1.62. The maximum Gasteiger partial charge on any atom is 0.160 e. The number of ketones is 1. The standard InChI is InChI=1S/C18H14O/c1-13(19)17-11-15-9-5-6-10-16(15)12-18(17)14-7-3-2-4-8-14/h2-12H,1H3. The van der Waals surface area contributed by atoms with Crippen molar-refractivity contribution in [3.63, 3.8) is 0 Å². The van der Waals surface area contributed by atoms with Gasteiger partial charge in [0.05, 0.1) is 0 Å². The van der Waals surface area contributed by atoms with E-state index >= 15 is 0 Å². The summed E-state index contributed by atoms with van der Waals surface area (Å²) in [7, 11) is 0. The molecule has 3 aromatic rings. The molecule has 92 valence electrons. The van der Waals surface area contributed by atoms with Gasteiger partial charge in [0.2, 0.25) is 0 Å². The zero-order valence-electron chi connectivity index (χ0n) is 10.8. The van der Waals surface area contributed by atoms with Crippen LogP contribution in [-0.2, 0) is 0 Å². The van der Waals surface area contributed by atoms with E-state index in [2.05, 4.69) is 12.1 Å². The molecule has 3 rings (SSSR count). The Morgan fingerprint density at radius 3 is 2.00 bits per heavy atom. The molecule has 0 aliphatic heterocycles. The molecule has 0 saturated carbocycles. The summed E-state index contributed by atoms with van der Waals surface area (Å²) in [5, 5.41) is 2.26. The van der Waals surface area contributed by atoms with Crippen LogP contribution in [0.15, 0.2) is 66.7 Å². The van der Waals surface area contributed by atoms with Gasteiger partial charge in [0.15, 0.2) is 5.78 Å². The fourth-order valence-electron chi connectivity index (χ4n) is 2.39. The quantitative estimate of drug-likeness (QED) is 0.598. The number of carbonyl (C=O) groups excluding carboxylic acids is 1. The maximum atomic E-state index is 11.9. The Morgan fingerprint density at radius 2 is 1.37 bits per heavy atom. The monoisotopic (exact) mass is 246 g/mol. The van der Waals surface area contributed by atoms with Gasteiger partial charge < -0.3 is 0 Å². The van der Waals surface area contributed by atoms with E-state index in [9.17, 15) is 4.79 Å². The Labute approximate surface area is 112 Å². The topological polar surface area (TPSA) is 17.1 Å². The highest BCUT2D eigenvalue weighted by Gasteiger charge is 2.10. The average molecular weight is 246 g/mol. The van der Waals surface area contributed by atoms with Crippen molar-refractivity contribution < 1.29 is 4.79 Å². The van der Waals surface area contributed by atoms with Crippen molar-refractivity contribution >= 4 is 16.6 Å². The SMILES string of the molecule is CC(=O)c1cc2ccccc2cc1-c1ccccc1. The van der Waals surface area contributed by atoms with Crippen LogP contribution in [-0.4, -0.2) is 5.78 Å². The molecule has 1 heteroatoms. The fraction of sp³-hybridized carbons (Fsp3) is 0.0556. The van der Waals surface area contributed by atoms with Gasteiger partial charge >= 0.3 is 0 Å². The van der Waals surface area contributed by atoms with E-state index < -0.39 is 0 Å². The lowest BCUT2D eigenvalue weighted by Crippen LogP contribution is -1.96. The predicted octanol–water partition coefficient (Wildman–Crippen LogP) is 4.71. The second-order valence-electron chi connectivity index (χ2n) is 4.67. The highest BCUT2D eigenvalue weighted by atomic mass is 16.1. The second kappa shape index (κ2) is 4.69. The van der Waals surface area contributed by atoms with Crippen molar-refractivity contribution in [3.05, 3.63) is 72.3 Å². The lowest BCUT2D eigenvalue weighted by molar-refractivity contribution is 0.101. The van der Waals surface area contributed by atoms with E-state index in [0.717, 1.165) is 27.5 Å². The van der Waals surface area contributed by atoms with Crippen LogP contribution in [0.25, 0.3) is 21.9 Å². The van der Waals surface area contributed by atoms with Gasteiger partial charge in [-0.2, -0.15) is 0 Å². The maximum absolute atomic E-state index is 11.9. The van der Waals surface area contributed by atoms with Gasteiger partial charge in [-0.1, -0.05) is 54.6 Å². The molecule has 0 saturated heterocycles. The Hall–Kier alpha value is -2.41. The van der Waals surface area contributed by atoms with Crippen LogP contribution in [0.1, 0.15) is 17.3 Å². The van der Waals surface area contributed by atoms with E-state index in [1.54, 1.807) is 6.92 Å². The van der Waals surface area contributed by atoms with Crippen LogP contribution < -0.4 is 0 Å². The normalized spacial score (nSPS) is 10.6. The molecule has 0 bridgehead atoms. The number of hydrogen-bond acceptors (Lipinski definition) is 1. The molecule has 0 fully saturated rings. The van der Waals surface area contributed by atoms with Crippen molar-refractivity contribution in [1.82, 2.24) is 0 Å². The number of rotatable bonds is 2. The van der Waals surface area contributed by atoms with E-state index in [4.69, 9.17) is 0 Å². The lowest BCUT2D eigenvalue weighted by Gasteiger charge is -2.09. The summed E-state index contributed by atoms with van der Waals surface area (Å²) in [6, 6.07) is 22.3. The van der Waals surface area contributed by atoms with Crippen LogP contribution in [0, 0.1) is 0 Å². The van der Waals surface area contributed by atoms with Crippen molar-refractivity contribution in [2.45, 2.75) is 6.92 Å². The first-order valence-corrected chi connectivity index (χ1v) is 6.35. The van der Waals surface area contributed by atoms with Gasteiger partial charge in [-0.25, -0.2) is 0 Å². The van der Waals surface area contributed by atoms with E-state index in [1.807, 2.05) is 54.6 Å². The summed E-state index contributed by atoms with van der Waals surface area (Å²) < 4.78 is 0. The molecule has 0 aliphatic rings. The highest BCUT2D eigenvalue weighted by molar-refractivity contribution is 6.05. The zero-order chi connectivity index (χ0) is 13.2. The molecule has 0 atom stereocenters. The minimum absolute atomic E-state index is 0.101. The van der Waals surface area contributed by atoms with Gasteiger partial charge in [0, 0.05) is 5.56 Å². The molecule has 0 heterocycles. The molecule has 1 nitrogen and oxygen atoms in total. The molecule has 0 unspecified atom stereocenters. The zero-order valence-corrected chi connectivity index (χ0v) is 10.8. The van der Waals surface area contributed by atoms with Crippen molar-refractivity contribution in [3.8, 4) is 11.1 Å². The Morgan fingerprint density at radius 1 is 0.789 bits per heavy atom. The molecule has 0 spiro atoms. The number of hydrogen-bond donors (Lipinski definition) is 0. The summed E-state index contributed by atoms with van der Waals surface area (Å²) >= 11 is 0. The van der Waals surface area contributed by atoms with Gasteiger partial charge in [-0.15, -0.1) is 0 Å². The van der Waals surface area contributed by atoms with E-state index in [1.165, 1.54) is 0 Å². The Kier molecular flexibility index (Phi) is 2.88. The third-order valence-electron chi connectivity index (χ3n) is 3.35. The summed E-state index contributed by atoms with van der Waals surface area (Å²) in [5.41, 5.74) is 2.87. The van der Waals surface area contributed by atoms with Crippen LogP contribution in [0.3, 0.4) is 0 Å². The smallest absolute Gasteiger partial charge is 0.160 e. The van der Waals surface area contributed by atoms with Crippen molar-refractivity contribution in [2.75, 3.05) is 0 Å². The summed E-state index contributed by atoms with van der Waals surface area (Å²) in [4.78, 5) is 11.9. The molecule has 0 amide bonds. The number of Topliss-reactive ketones (excluding diaryl/α,β-unsaturated/α-hetero) is 1. The largest absolute Gasteiger partial charge is 0.294 e. The van der Waals surface area contributed by atoms with Crippen LogP contribution >= 0.6 is 0 Å². The molecule has 0 aromatic heterocycles. The highest BCUT2D eigenvalue weighted by Crippen LogP contribution is 2.29. The molecular weight excluding hydrogens is 232 g/mol.